The molecule has 0 amide bonds. The molecule has 0 spiro atoms. The highest BCUT2D eigenvalue weighted by molar-refractivity contribution is 9.10. The lowest BCUT2D eigenvalue weighted by atomic mass is 10.1. The van der Waals surface area contributed by atoms with Gasteiger partial charge in [0.15, 0.2) is 17.5 Å². The first-order valence-corrected chi connectivity index (χ1v) is 7.81. The monoisotopic (exact) mass is 398 g/mol. The number of aromatic nitrogens is 2. The van der Waals surface area contributed by atoms with E-state index in [1.54, 1.807) is 22.9 Å². The minimum Gasteiger partial charge on any atom is -0.330 e. The van der Waals surface area contributed by atoms with Gasteiger partial charge in [-0.2, -0.15) is 0 Å². The van der Waals surface area contributed by atoms with Crippen LogP contribution in [0.5, 0.6) is 0 Å². The molecule has 24 heavy (non-hydrogen) atoms. The molecule has 2 nitrogen and oxygen atoms in total. The molecule has 0 atom stereocenters. The molecular formula is C17H11BrF4N2. The van der Waals surface area contributed by atoms with Gasteiger partial charge in [0.25, 0.3) is 0 Å². The first-order valence-electron chi connectivity index (χ1n) is 7.02. The number of rotatable bonds is 4. The lowest BCUT2D eigenvalue weighted by Crippen LogP contribution is -2.07. The molecule has 0 saturated carbocycles. The van der Waals surface area contributed by atoms with Gasteiger partial charge in [-0.25, -0.2) is 22.5 Å². The highest BCUT2D eigenvalue weighted by Gasteiger charge is 2.15. The Hall–Kier alpha value is -2.15. The predicted molar refractivity (Wildman–Crippen MR) is 84.6 cm³/mol. The lowest BCUT2D eigenvalue weighted by molar-refractivity contribution is 0.441. The van der Waals surface area contributed by atoms with Gasteiger partial charge in [0, 0.05) is 25.4 Å². The zero-order chi connectivity index (χ0) is 17.3. The van der Waals surface area contributed by atoms with E-state index in [4.69, 9.17) is 0 Å². The molecule has 1 aromatic heterocycles. The van der Waals surface area contributed by atoms with E-state index in [2.05, 4.69) is 20.9 Å². The van der Waals surface area contributed by atoms with E-state index in [0.29, 0.717) is 16.8 Å². The fourth-order valence-corrected chi connectivity index (χ4v) is 2.78. The van der Waals surface area contributed by atoms with Gasteiger partial charge in [-0.05, 0) is 45.3 Å². The van der Waals surface area contributed by atoms with Crippen molar-refractivity contribution in [1.29, 1.82) is 0 Å². The normalized spacial score (nSPS) is 11.0. The van der Waals surface area contributed by atoms with Crippen LogP contribution in [0.2, 0.25) is 0 Å². The van der Waals surface area contributed by atoms with E-state index in [1.807, 2.05) is 0 Å². The number of halogens is 5. The van der Waals surface area contributed by atoms with Gasteiger partial charge >= 0.3 is 0 Å². The van der Waals surface area contributed by atoms with Crippen LogP contribution in [-0.4, -0.2) is 9.55 Å². The van der Waals surface area contributed by atoms with Gasteiger partial charge in [0.1, 0.15) is 11.6 Å². The van der Waals surface area contributed by atoms with Crippen LogP contribution >= 0.6 is 15.9 Å². The van der Waals surface area contributed by atoms with Crippen LogP contribution in [0.1, 0.15) is 17.0 Å². The van der Waals surface area contributed by atoms with Crippen molar-refractivity contribution < 1.29 is 17.6 Å². The van der Waals surface area contributed by atoms with Crippen LogP contribution in [0, 0.1) is 23.3 Å². The quantitative estimate of drug-likeness (QED) is 0.454. The smallest absolute Gasteiger partial charge is 0.194 e. The number of imidazole rings is 1. The molecule has 1 heterocycles. The third-order valence-corrected chi connectivity index (χ3v) is 4.21. The van der Waals surface area contributed by atoms with Crippen molar-refractivity contribution in [2.24, 2.45) is 0 Å². The van der Waals surface area contributed by atoms with Crippen molar-refractivity contribution >= 4 is 15.9 Å². The minimum atomic E-state index is -1.49. The Morgan fingerprint density at radius 3 is 2.46 bits per heavy atom. The predicted octanol–water partition coefficient (Wildman–Crippen LogP) is 4.84. The van der Waals surface area contributed by atoms with E-state index in [1.165, 1.54) is 18.3 Å². The molecule has 0 fully saturated rings. The molecular weight excluding hydrogens is 388 g/mol. The van der Waals surface area contributed by atoms with E-state index in [-0.39, 0.29) is 17.8 Å². The Labute approximate surface area is 143 Å². The van der Waals surface area contributed by atoms with Crippen molar-refractivity contribution in [1.82, 2.24) is 9.55 Å². The van der Waals surface area contributed by atoms with Crippen LogP contribution < -0.4 is 0 Å². The Kier molecular flexibility index (Phi) is 4.71. The first-order chi connectivity index (χ1) is 11.5. The number of nitrogens with zero attached hydrogens (tertiary/aromatic N) is 2. The molecule has 0 radical (unpaired) electrons. The zero-order valence-corrected chi connectivity index (χ0v) is 13.8. The molecule has 0 aliphatic carbocycles. The number of hydrogen-bond acceptors (Lipinski definition) is 1. The van der Waals surface area contributed by atoms with Gasteiger partial charge in [-0.15, -0.1) is 0 Å². The summed E-state index contributed by atoms with van der Waals surface area (Å²) in [6, 6.07) is 6.68. The molecule has 0 saturated heterocycles. The molecule has 0 bridgehead atoms. The van der Waals surface area contributed by atoms with Crippen molar-refractivity contribution in [3.05, 3.63) is 87.4 Å². The van der Waals surface area contributed by atoms with Crippen LogP contribution in [0.25, 0.3) is 0 Å². The summed E-state index contributed by atoms with van der Waals surface area (Å²) < 4.78 is 55.5. The summed E-state index contributed by atoms with van der Waals surface area (Å²) in [6.45, 7) is 0.388. The minimum absolute atomic E-state index is 0.0123. The summed E-state index contributed by atoms with van der Waals surface area (Å²) in [7, 11) is 0. The maximum absolute atomic E-state index is 13.8. The molecule has 0 N–H and O–H groups in total. The first kappa shape index (κ1) is 16.7. The fourth-order valence-electron chi connectivity index (χ4n) is 2.36. The highest BCUT2D eigenvalue weighted by Crippen LogP contribution is 2.20. The zero-order valence-electron chi connectivity index (χ0n) is 12.2. The molecule has 3 aromatic rings. The van der Waals surface area contributed by atoms with Crippen LogP contribution in [0.15, 0.2) is 47.2 Å². The van der Waals surface area contributed by atoms with Crippen LogP contribution in [0.4, 0.5) is 17.6 Å². The largest absolute Gasteiger partial charge is 0.330 e. The summed E-state index contributed by atoms with van der Waals surface area (Å²) in [5.41, 5.74) is 0.829. The molecule has 0 aliphatic rings. The Bertz CT molecular complexity index is 892. The Morgan fingerprint density at radius 1 is 0.958 bits per heavy atom. The maximum Gasteiger partial charge on any atom is 0.194 e. The lowest BCUT2D eigenvalue weighted by Gasteiger charge is -2.10. The summed E-state index contributed by atoms with van der Waals surface area (Å²) in [4.78, 5) is 4.14. The topological polar surface area (TPSA) is 17.8 Å². The van der Waals surface area contributed by atoms with Crippen molar-refractivity contribution in [2.75, 3.05) is 0 Å². The van der Waals surface area contributed by atoms with E-state index < -0.39 is 17.5 Å². The van der Waals surface area contributed by atoms with Gasteiger partial charge in [0.2, 0.25) is 0 Å². The second kappa shape index (κ2) is 6.76. The molecule has 124 valence electrons. The average molecular weight is 399 g/mol. The average Bonchev–Trinajstić information content (AvgIpc) is 2.98. The van der Waals surface area contributed by atoms with Gasteiger partial charge in [-0.3, -0.25) is 0 Å². The molecule has 2 aromatic carbocycles. The van der Waals surface area contributed by atoms with Gasteiger partial charge < -0.3 is 4.57 Å². The van der Waals surface area contributed by atoms with E-state index in [0.717, 1.165) is 11.6 Å². The summed E-state index contributed by atoms with van der Waals surface area (Å²) in [6.07, 6.45) is 3.23. The number of hydrogen-bond donors (Lipinski definition) is 0. The van der Waals surface area contributed by atoms with Crippen molar-refractivity contribution in [3.63, 3.8) is 0 Å². The molecule has 0 aliphatic heterocycles. The summed E-state index contributed by atoms with van der Waals surface area (Å²) in [5, 5.41) is 0. The SMILES string of the molecule is Fc1ccc(Cn2ccnc2Cc2ccc(F)c(F)c2F)cc1Br. The van der Waals surface area contributed by atoms with Crippen molar-refractivity contribution in [3.8, 4) is 0 Å². The Balaban J connectivity index is 1.85. The second-order valence-electron chi connectivity index (χ2n) is 5.23. The third-order valence-electron chi connectivity index (χ3n) is 3.60. The fraction of sp³-hybridized carbons (Fsp3) is 0.118. The molecule has 7 heteroatoms. The van der Waals surface area contributed by atoms with Gasteiger partial charge in [0.05, 0.1) is 4.47 Å². The summed E-state index contributed by atoms with van der Waals surface area (Å²) >= 11 is 3.12. The highest BCUT2D eigenvalue weighted by atomic mass is 79.9. The van der Waals surface area contributed by atoms with E-state index in [9.17, 15) is 17.6 Å². The van der Waals surface area contributed by atoms with Crippen molar-refractivity contribution in [2.45, 2.75) is 13.0 Å². The second-order valence-corrected chi connectivity index (χ2v) is 6.09. The van der Waals surface area contributed by atoms with Gasteiger partial charge in [-0.1, -0.05) is 12.1 Å². The molecule has 3 rings (SSSR count). The third kappa shape index (κ3) is 3.36. The summed E-state index contributed by atoms with van der Waals surface area (Å²) in [5.74, 6) is -3.81. The van der Waals surface area contributed by atoms with E-state index >= 15 is 0 Å². The Morgan fingerprint density at radius 2 is 1.71 bits per heavy atom. The standard InChI is InChI=1S/C17H11BrF4N2/c18-12-7-10(1-3-13(12)19)9-24-6-5-23-15(24)8-11-2-4-14(20)17(22)16(11)21/h1-7H,8-9H2. The molecule has 0 unspecified atom stereocenters. The maximum atomic E-state index is 13.8. The number of benzene rings is 2. The van der Waals surface area contributed by atoms with Crippen LogP contribution in [-0.2, 0) is 13.0 Å². The van der Waals surface area contributed by atoms with Crippen LogP contribution in [0.3, 0.4) is 0 Å².